The molecule has 1 aromatic carbocycles. The normalized spacial score (nSPS) is 11.1. The van der Waals surface area contributed by atoms with Crippen molar-refractivity contribution in [1.29, 1.82) is 0 Å². The Labute approximate surface area is 152 Å². The molecule has 0 bridgehead atoms. The predicted octanol–water partition coefficient (Wildman–Crippen LogP) is 3.38. The minimum absolute atomic E-state index is 0.127. The molecule has 0 radical (unpaired) electrons. The van der Waals surface area contributed by atoms with Gasteiger partial charge in [-0.2, -0.15) is 13.2 Å². The molecule has 0 unspecified atom stereocenters. The van der Waals surface area contributed by atoms with E-state index < -0.39 is 31.2 Å². The number of alkyl halides is 3. The number of esters is 1. The lowest BCUT2D eigenvalue weighted by Crippen LogP contribution is -2.36. The van der Waals surface area contributed by atoms with E-state index in [0.29, 0.717) is 5.03 Å². The Hall–Kier alpha value is -2.55. The van der Waals surface area contributed by atoms with Crippen LogP contribution in [0, 0.1) is 6.92 Å². The Morgan fingerprint density at radius 3 is 2.54 bits per heavy atom. The molecule has 2 rings (SSSR count). The smallest absolute Gasteiger partial charge is 0.405 e. The summed E-state index contributed by atoms with van der Waals surface area (Å²) in [6.07, 6.45) is -3.02. The molecule has 0 aliphatic carbocycles. The molecule has 0 atom stereocenters. The highest BCUT2D eigenvalue weighted by Crippen LogP contribution is 2.29. The maximum atomic E-state index is 12.1. The molecule has 1 heterocycles. The van der Waals surface area contributed by atoms with E-state index in [-0.39, 0.29) is 5.56 Å². The zero-order chi connectivity index (χ0) is 19.2. The Balaban J connectivity index is 1.98. The van der Waals surface area contributed by atoms with Crippen molar-refractivity contribution in [1.82, 2.24) is 10.3 Å². The first-order valence-electron chi connectivity index (χ1n) is 7.45. The van der Waals surface area contributed by atoms with Crippen LogP contribution in [0.4, 0.5) is 13.2 Å². The third kappa shape index (κ3) is 6.40. The second-order valence-corrected chi connectivity index (χ2v) is 6.30. The predicted molar refractivity (Wildman–Crippen MR) is 88.9 cm³/mol. The third-order valence-corrected chi connectivity index (χ3v) is 4.07. The number of carbonyl (C=O) groups excluding carboxylic acids is 2. The summed E-state index contributed by atoms with van der Waals surface area (Å²) in [4.78, 5) is 28.4. The maximum Gasteiger partial charge on any atom is 0.405 e. The lowest BCUT2D eigenvalue weighted by Gasteiger charge is -2.10. The Bertz CT molecular complexity index is 780. The van der Waals surface area contributed by atoms with Crippen LogP contribution in [0.3, 0.4) is 0 Å². The number of aromatic nitrogens is 1. The van der Waals surface area contributed by atoms with Gasteiger partial charge in [-0.3, -0.25) is 4.79 Å². The first-order chi connectivity index (χ1) is 12.2. The van der Waals surface area contributed by atoms with E-state index in [9.17, 15) is 22.8 Å². The van der Waals surface area contributed by atoms with E-state index in [4.69, 9.17) is 4.74 Å². The van der Waals surface area contributed by atoms with Crippen molar-refractivity contribution in [2.45, 2.75) is 23.0 Å². The molecule has 5 nitrogen and oxygen atoms in total. The molecule has 1 amide bonds. The molecule has 2 aromatic rings. The number of amides is 1. The van der Waals surface area contributed by atoms with Crippen molar-refractivity contribution in [2.75, 3.05) is 13.2 Å². The monoisotopic (exact) mass is 384 g/mol. The lowest BCUT2D eigenvalue weighted by molar-refractivity contribution is -0.140. The van der Waals surface area contributed by atoms with Crippen LogP contribution in [0.15, 0.2) is 52.5 Å². The van der Waals surface area contributed by atoms with Crippen molar-refractivity contribution < 1.29 is 27.5 Å². The summed E-state index contributed by atoms with van der Waals surface area (Å²) in [5.74, 6) is -1.87. The average Bonchev–Trinajstić information content (AvgIpc) is 2.59. The van der Waals surface area contributed by atoms with Gasteiger partial charge in [-0.15, -0.1) is 0 Å². The maximum absolute atomic E-state index is 12.1. The molecule has 0 saturated heterocycles. The van der Waals surface area contributed by atoms with Crippen molar-refractivity contribution in [2.24, 2.45) is 0 Å². The topological polar surface area (TPSA) is 68.3 Å². The van der Waals surface area contributed by atoms with Crippen LogP contribution >= 0.6 is 11.8 Å². The molecule has 0 spiro atoms. The van der Waals surface area contributed by atoms with Gasteiger partial charge in [0.25, 0.3) is 5.91 Å². The van der Waals surface area contributed by atoms with E-state index in [0.717, 1.165) is 10.5 Å². The average molecular weight is 384 g/mol. The number of hydrogen-bond acceptors (Lipinski definition) is 5. The Morgan fingerprint density at radius 2 is 1.88 bits per heavy atom. The summed E-state index contributed by atoms with van der Waals surface area (Å²) in [6.45, 7) is -0.342. The SMILES string of the molecule is Cc1ccc(Sc2ncccc2C(=O)OCC(=O)NCC(F)(F)F)cc1. The highest BCUT2D eigenvalue weighted by molar-refractivity contribution is 7.99. The van der Waals surface area contributed by atoms with Gasteiger partial charge in [0.15, 0.2) is 6.61 Å². The zero-order valence-electron chi connectivity index (χ0n) is 13.7. The molecular weight excluding hydrogens is 369 g/mol. The minimum Gasteiger partial charge on any atom is -0.452 e. The number of carbonyl (C=O) groups is 2. The summed E-state index contributed by atoms with van der Waals surface area (Å²) in [6, 6.07) is 10.6. The van der Waals surface area contributed by atoms with E-state index in [1.165, 1.54) is 30.1 Å². The molecule has 0 saturated carbocycles. The number of benzene rings is 1. The first kappa shape index (κ1) is 19.8. The number of nitrogens with one attached hydrogen (secondary N) is 1. The Kier molecular flexibility index (Phi) is 6.62. The van der Waals surface area contributed by atoms with Gasteiger partial charge in [-0.1, -0.05) is 29.5 Å². The molecule has 1 aromatic heterocycles. The molecule has 0 fully saturated rings. The number of halogens is 3. The largest absolute Gasteiger partial charge is 0.452 e. The van der Waals surface area contributed by atoms with Gasteiger partial charge in [0.2, 0.25) is 0 Å². The minimum atomic E-state index is -4.53. The number of pyridine rings is 1. The summed E-state index contributed by atoms with van der Waals surface area (Å²) in [5, 5.41) is 2.00. The second kappa shape index (κ2) is 8.70. The standard InChI is InChI=1S/C17H15F3N2O3S/c1-11-4-6-12(7-5-11)26-15-13(3-2-8-21-15)16(24)25-9-14(23)22-10-17(18,19)20/h2-8H,9-10H2,1H3,(H,22,23). The molecule has 0 aliphatic rings. The molecule has 9 heteroatoms. The lowest BCUT2D eigenvalue weighted by atomic mass is 10.2. The molecule has 26 heavy (non-hydrogen) atoms. The quantitative estimate of drug-likeness (QED) is 0.774. The van der Waals surface area contributed by atoms with E-state index >= 15 is 0 Å². The fraction of sp³-hybridized carbons (Fsp3) is 0.235. The van der Waals surface area contributed by atoms with E-state index in [1.54, 1.807) is 5.32 Å². The van der Waals surface area contributed by atoms with Gasteiger partial charge < -0.3 is 10.1 Å². The number of ether oxygens (including phenoxy) is 1. The third-order valence-electron chi connectivity index (χ3n) is 3.05. The summed E-state index contributed by atoms with van der Waals surface area (Å²) in [5.41, 5.74) is 1.21. The van der Waals surface area contributed by atoms with Crippen LogP contribution in [-0.2, 0) is 9.53 Å². The van der Waals surface area contributed by atoms with Crippen LogP contribution in [-0.4, -0.2) is 36.2 Å². The molecule has 1 N–H and O–H groups in total. The van der Waals surface area contributed by atoms with Crippen molar-refractivity contribution >= 4 is 23.6 Å². The summed E-state index contributed by atoms with van der Waals surface area (Å²) >= 11 is 1.24. The van der Waals surface area contributed by atoms with Crippen molar-refractivity contribution in [3.8, 4) is 0 Å². The molecule has 0 aliphatic heterocycles. The second-order valence-electron chi connectivity index (χ2n) is 5.24. The van der Waals surface area contributed by atoms with Crippen molar-refractivity contribution in [3.63, 3.8) is 0 Å². The van der Waals surface area contributed by atoms with E-state index in [2.05, 4.69) is 4.98 Å². The number of aryl methyl sites for hydroxylation is 1. The molecule has 138 valence electrons. The van der Waals surface area contributed by atoms with Gasteiger partial charge in [-0.05, 0) is 31.2 Å². The van der Waals surface area contributed by atoms with Crippen LogP contribution in [0.2, 0.25) is 0 Å². The van der Waals surface area contributed by atoms with Gasteiger partial charge in [0.1, 0.15) is 11.6 Å². The fourth-order valence-corrected chi connectivity index (χ4v) is 2.67. The van der Waals surface area contributed by atoms with Crippen LogP contribution in [0.1, 0.15) is 15.9 Å². The highest BCUT2D eigenvalue weighted by atomic mass is 32.2. The van der Waals surface area contributed by atoms with Gasteiger partial charge >= 0.3 is 12.1 Å². The van der Waals surface area contributed by atoms with Gasteiger partial charge in [0.05, 0.1) is 5.56 Å². The van der Waals surface area contributed by atoms with Gasteiger partial charge in [0, 0.05) is 11.1 Å². The van der Waals surface area contributed by atoms with Gasteiger partial charge in [-0.25, -0.2) is 9.78 Å². The highest BCUT2D eigenvalue weighted by Gasteiger charge is 2.28. The zero-order valence-corrected chi connectivity index (χ0v) is 14.5. The summed E-state index contributed by atoms with van der Waals surface area (Å²) in [7, 11) is 0. The summed E-state index contributed by atoms with van der Waals surface area (Å²) < 4.78 is 40.9. The van der Waals surface area contributed by atoms with Crippen LogP contribution < -0.4 is 5.32 Å². The van der Waals surface area contributed by atoms with E-state index in [1.807, 2.05) is 31.2 Å². The first-order valence-corrected chi connectivity index (χ1v) is 8.26. The fourth-order valence-electron chi connectivity index (χ4n) is 1.80. The Morgan fingerprint density at radius 1 is 1.19 bits per heavy atom. The van der Waals surface area contributed by atoms with Crippen LogP contribution in [0.25, 0.3) is 0 Å². The van der Waals surface area contributed by atoms with Crippen molar-refractivity contribution in [3.05, 3.63) is 53.7 Å². The number of nitrogens with zero attached hydrogens (tertiary/aromatic N) is 1. The van der Waals surface area contributed by atoms with Crippen LogP contribution in [0.5, 0.6) is 0 Å². The number of hydrogen-bond donors (Lipinski definition) is 1. The number of rotatable bonds is 6. The molecular formula is C17H15F3N2O3S.